The van der Waals surface area contributed by atoms with Crippen molar-refractivity contribution in [2.24, 2.45) is 0 Å². The summed E-state index contributed by atoms with van der Waals surface area (Å²) in [6.07, 6.45) is 138. The highest BCUT2D eigenvalue weighted by atomic mass is 31.2. The van der Waals surface area contributed by atoms with E-state index in [0.717, 1.165) is 167 Å². The normalized spacial score (nSPS) is 14.3. The first-order valence-electron chi connectivity index (χ1n) is 53.1. The minimum Gasteiger partial charge on any atom is -0.463 e. The van der Waals surface area contributed by atoms with Gasteiger partial charge in [-0.1, -0.05) is 460 Å². The maximum Gasteiger partial charge on any atom is 0.472 e. The number of phosphoric acid groups is 2. The number of rotatable bonds is 100. The molecule has 0 spiro atoms. The first-order chi connectivity index (χ1) is 64.2. The van der Waals surface area contributed by atoms with Crippen LogP contribution in [0.15, 0.2) is 182 Å². The quantitative estimate of drug-likeness (QED) is 0.0146. The summed E-state index contributed by atoms with van der Waals surface area (Å²) < 4.78 is 61.8. The van der Waals surface area contributed by atoms with Crippen LogP contribution in [0.5, 0.6) is 0 Å². The number of phosphoric ester groups is 2. The predicted octanol–water partition coefficient (Wildman–Crippen LogP) is 33.9. The van der Waals surface area contributed by atoms with Gasteiger partial charge in [0.25, 0.3) is 0 Å². The number of aliphatic hydroxyl groups is 2. The van der Waals surface area contributed by atoms with Gasteiger partial charge in [-0.3, -0.25) is 32.5 Å². The lowest BCUT2D eigenvalue weighted by Crippen LogP contribution is -2.30. The highest BCUT2D eigenvalue weighted by molar-refractivity contribution is 7.47. The van der Waals surface area contributed by atoms with Crippen molar-refractivity contribution in [2.75, 3.05) is 39.6 Å². The average molecular weight is 1870 g/mol. The third kappa shape index (κ3) is 105. The zero-order valence-corrected chi connectivity index (χ0v) is 85.2. The predicted molar refractivity (Wildman–Crippen MR) is 555 cm³/mol. The van der Waals surface area contributed by atoms with Gasteiger partial charge < -0.3 is 34.2 Å². The smallest absolute Gasteiger partial charge is 0.463 e. The fraction of sp³-hybridized carbons (Fsp3) is 0.708. The molecule has 131 heavy (non-hydrogen) atoms. The number of esters is 3. The molecule has 4 N–H and O–H groups in total. The largest absolute Gasteiger partial charge is 0.472 e. The number of allylic oxidation sites excluding steroid dienone is 30. The van der Waals surface area contributed by atoms with Crippen molar-refractivity contribution < 1.29 is 75.8 Å². The SMILES string of the molecule is CC/C=C\C/C=C\C/C=C\C/C=C\C/C=C\C/C=C\CCCCCCCCCCCCCCC(=O)OCC(COP(=O)(O)OCC(O)COP(=O)(O)OCC(O)COC(=O)CCCCCCCCCCCCCCCCCCC/C=C\C/C=C\C/C=C\C/C=C\C/C=C\CC)OC(=O)CCCCCCCCCCCCCCCCC/C=C\C/C=C\C/C=C\C/C=C\CCCCC. The summed E-state index contributed by atoms with van der Waals surface area (Å²) >= 11 is 0. The van der Waals surface area contributed by atoms with E-state index in [0.29, 0.717) is 19.3 Å². The van der Waals surface area contributed by atoms with E-state index in [2.05, 4.69) is 203 Å². The number of carbonyl (C=O) groups is 3. The second-order valence-corrected chi connectivity index (χ2v) is 38.2. The Hall–Kier alpha value is -5.35. The third-order valence-electron chi connectivity index (χ3n) is 22.6. The molecule has 0 bridgehead atoms. The summed E-state index contributed by atoms with van der Waals surface area (Å²) in [6.45, 7) is 2.51. The Morgan fingerprint density at radius 2 is 0.405 bits per heavy atom. The van der Waals surface area contributed by atoms with Crippen LogP contribution in [0.2, 0.25) is 0 Å². The van der Waals surface area contributed by atoms with Crippen molar-refractivity contribution in [1.29, 1.82) is 0 Å². The zero-order valence-electron chi connectivity index (χ0n) is 83.5. The molecule has 18 heteroatoms. The zero-order chi connectivity index (χ0) is 95.0. The Morgan fingerprint density at radius 1 is 0.221 bits per heavy atom. The monoisotopic (exact) mass is 1870 g/mol. The Morgan fingerprint density at radius 3 is 0.641 bits per heavy atom. The molecule has 0 aliphatic carbocycles. The highest BCUT2D eigenvalue weighted by Gasteiger charge is 2.30. The van der Waals surface area contributed by atoms with Crippen LogP contribution in [-0.2, 0) is 55.8 Å². The summed E-state index contributed by atoms with van der Waals surface area (Å²) in [5.41, 5.74) is 0. The van der Waals surface area contributed by atoms with Gasteiger partial charge in [-0.25, -0.2) is 9.13 Å². The summed E-state index contributed by atoms with van der Waals surface area (Å²) in [7, 11) is -9.82. The summed E-state index contributed by atoms with van der Waals surface area (Å²) in [6, 6.07) is 0. The fourth-order valence-corrected chi connectivity index (χ4v) is 16.2. The van der Waals surface area contributed by atoms with Gasteiger partial charge in [0.1, 0.15) is 25.4 Å². The summed E-state index contributed by atoms with van der Waals surface area (Å²) in [5.74, 6) is -1.56. The Balaban J connectivity index is 4.62. The molecule has 5 atom stereocenters. The molecule has 5 unspecified atom stereocenters. The van der Waals surface area contributed by atoms with E-state index >= 15 is 0 Å². The number of hydrogen-bond donors (Lipinski definition) is 4. The van der Waals surface area contributed by atoms with Crippen LogP contribution in [-0.4, -0.2) is 95.9 Å². The number of aliphatic hydroxyl groups excluding tert-OH is 2. The maximum atomic E-state index is 13.2. The first kappa shape index (κ1) is 126. The molecule has 0 rings (SSSR count). The number of unbranched alkanes of at least 4 members (excludes halogenated alkanes) is 47. The van der Waals surface area contributed by atoms with E-state index in [1.165, 1.54) is 231 Å². The second kappa shape index (κ2) is 104. The lowest BCUT2D eigenvalue weighted by Gasteiger charge is -2.21. The van der Waals surface area contributed by atoms with Gasteiger partial charge >= 0.3 is 33.6 Å². The van der Waals surface area contributed by atoms with Gasteiger partial charge in [-0.05, 0) is 161 Å². The summed E-state index contributed by atoms with van der Waals surface area (Å²) in [4.78, 5) is 59.3. The maximum absolute atomic E-state index is 13.2. The van der Waals surface area contributed by atoms with Gasteiger partial charge in [0.15, 0.2) is 6.10 Å². The van der Waals surface area contributed by atoms with Crippen LogP contribution >= 0.6 is 15.6 Å². The minimum atomic E-state index is -4.95. The van der Waals surface area contributed by atoms with E-state index in [4.69, 9.17) is 32.3 Å². The molecule has 0 amide bonds. The molecule has 0 aliphatic rings. The lowest BCUT2D eigenvalue weighted by molar-refractivity contribution is -0.161. The van der Waals surface area contributed by atoms with Gasteiger partial charge in [-0.2, -0.15) is 0 Å². The molecule has 0 radical (unpaired) electrons. The standard InChI is InChI=1S/C113H194O16P2/c1-4-7-10-13-16-19-22-25-28-31-34-37-40-43-46-49-52-53-56-58-60-63-66-69-72-75-78-81-84-87-90-93-96-99-111(116)123-102-108(114)103-125-130(119,120)126-104-109(115)105-127-131(121,122)128-107-110(129-113(118)101-98-95-92-89-86-83-80-77-74-71-68-65-62-59-55-51-48-45-42-39-36-33-30-27-24-21-18-15-12-9-6-3)106-124-112(117)100-97-94-91-88-85-82-79-76-73-70-67-64-61-57-54-50-47-44-41-38-35-32-29-26-23-20-17-14-11-8-5-2/h7-8,10-11,16-21,25-30,34-39,43-48,54,57,108-110,114-115H,4-6,9,12-15,22-24,31-33,40-42,49-53,55-56,58-107H2,1-3H3,(H,119,120)(H,121,122)/b10-7-,11-8-,19-16-,20-17-,21-18-,28-25-,29-26-,30-27-,37-34-,38-35-,39-36-,46-43-,47-44-,48-45-,57-54-. The first-order valence-corrected chi connectivity index (χ1v) is 56.1. The molecule has 16 nitrogen and oxygen atoms in total. The third-order valence-corrected chi connectivity index (χ3v) is 24.5. The molecule has 0 aliphatic heterocycles. The minimum absolute atomic E-state index is 0.101. The van der Waals surface area contributed by atoms with E-state index < -0.39 is 91.5 Å². The molecule has 0 saturated heterocycles. The molecule has 0 saturated carbocycles. The van der Waals surface area contributed by atoms with Crippen molar-refractivity contribution in [1.82, 2.24) is 0 Å². The van der Waals surface area contributed by atoms with E-state index in [-0.39, 0.29) is 19.3 Å². The highest BCUT2D eigenvalue weighted by Crippen LogP contribution is 2.45. The molecule has 0 heterocycles. The molecule has 0 aromatic carbocycles. The lowest BCUT2D eigenvalue weighted by atomic mass is 10.0. The van der Waals surface area contributed by atoms with Crippen LogP contribution in [0.1, 0.15) is 457 Å². The van der Waals surface area contributed by atoms with Crippen molar-refractivity contribution in [3.8, 4) is 0 Å². The Kier molecular flexibility index (Phi) is 99.3. The Bertz CT molecular complexity index is 3110. The molecular weight excluding hydrogens is 1680 g/mol. The fourth-order valence-electron chi connectivity index (χ4n) is 14.7. The number of hydrogen-bond acceptors (Lipinski definition) is 14. The van der Waals surface area contributed by atoms with E-state index in [1.54, 1.807) is 0 Å². The van der Waals surface area contributed by atoms with Crippen LogP contribution in [0, 0.1) is 0 Å². The van der Waals surface area contributed by atoms with Crippen LogP contribution in [0.4, 0.5) is 0 Å². The van der Waals surface area contributed by atoms with Gasteiger partial charge in [0.05, 0.1) is 26.4 Å². The molecular formula is C113H194O16P2. The van der Waals surface area contributed by atoms with Gasteiger partial charge in [0, 0.05) is 19.3 Å². The molecule has 0 aromatic heterocycles. The van der Waals surface area contributed by atoms with Crippen molar-refractivity contribution in [3.63, 3.8) is 0 Å². The second-order valence-electron chi connectivity index (χ2n) is 35.3. The molecule has 0 aromatic rings. The van der Waals surface area contributed by atoms with Gasteiger partial charge in [0.2, 0.25) is 0 Å². The van der Waals surface area contributed by atoms with Gasteiger partial charge in [-0.15, -0.1) is 0 Å². The van der Waals surface area contributed by atoms with Crippen molar-refractivity contribution in [2.45, 2.75) is 476 Å². The number of ether oxygens (including phenoxy) is 3. The van der Waals surface area contributed by atoms with Crippen molar-refractivity contribution >= 4 is 33.6 Å². The number of carbonyl (C=O) groups excluding carboxylic acids is 3. The van der Waals surface area contributed by atoms with Crippen LogP contribution in [0.25, 0.3) is 0 Å². The topological polar surface area (TPSA) is 231 Å². The van der Waals surface area contributed by atoms with E-state index in [9.17, 15) is 43.5 Å². The molecule has 752 valence electrons. The Labute approximate surface area is 802 Å². The molecule has 0 fully saturated rings. The van der Waals surface area contributed by atoms with Crippen LogP contribution in [0.3, 0.4) is 0 Å². The van der Waals surface area contributed by atoms with Crippen LogP contribution < -0.4 is 0 Å². The average Bonchev–Trinajstić information content (AvgIpc) is 0.896. The summed E-state index contributed by atoms with van der Waals surface area (Å²) in [5, 5.41) is 20.8. The van der Waals surface area contributed by atoms with E-state index in [1.807, 2.05) is 0 Å². The van der Waals surface area contributed by atoms with Crippen molar-refractivity contribution in [3.05, 3.63) is 182 Å².